The first kappa shape index (κ1) is 19.3. The van der Waals surface area contributed by atoms with Crippen LogP contribution in [0.3, 0.4) is 0 Å². The fourth-order valence-electron chi connectivity index (χ4n) is 2.99. The molecule has 2 aromatic carbocycles. The minimum atomic E-state index is -0.275. The molecule has 0 fully saturated rings. The van der Waals surface area contributed by atoms with Crippen LogP contribution in [0, 0.1) is 0 Å². The lowest BCUT2D eigenvalue weighted by molar-refractivity contribution is 0.0945. The van der Waals surface area contributed by atoms with Gasteiger partial charge in [0.25, 0.3) is 5.91 Å². The van der Waals surface area contributed by atoms with Crippen LogP contribution in [-0.2, 0) is 6.54 Å². The number of carbonyl (C=O) groups excluding carboxylic acids is 1. The van der Waals surface area contributed by atoms with Crippen LogP contribution in [0.5, 0.6) is 0 Å². The molecule has 2 heterocycles. The summed E-state index contributed by atoms with van der Waals surface area (Å²) in [5.41, 5.74) is 2.90. The predicted molar refractivity (Wildman–Crippen MR) is 117 cm³/mol. The van der Waals surface area contributed by atoms with Gasteiger partial charge in [0.05, 0.1) is 12.2 Å². The number of hydrogen-bond acceptors (Lipinski definition) is 5. The molecular weight excluding hydrogens is 374 g/mol. The summed E-state index contributed by atoms with van der Waals surface area (Å²) in [6.45, 7) is 0.328. The van der Waals surface area contributed by atoms with Gasteiger partial charge in [0.15, 0.2) is 5.82 Å². The first-order chi connectivity index (χ1) is 14.7. The van der Waals surface area contributed by atoms with Crippen LogP contribution < -0.4 is 10.2 Å². The monoisotopic (exact) mass is 395 g/mol. The van der Waals surface area contributed by atoms with Crippen LogP contribution in [0.25, 0.3) is 11.4 Å². The highest BCUT2D eigenvalue weighted by atomic mass is 16.1. The summed E-state index contributed by atoms with van der Waals surface area (Å²) < 4.78 is 0. The van der Waals surface area contributed by atoms with E-state index in [1.807, 2.05) is 90.8 Å². The highest BCUT2D eigenvalue weighted by Gasteiger charge is 2.16. The molecule has 0 saturated heterocycles. The maximum absolute atomic E-state index is 12.9. The number of para-hydroxylation sites is 1. The lowest BCUT2D eigenvalue weighted by atomic mass is 10.2. The smallest absolute Gasteiger partial charge is 0.270 e. The van der Waals surface area contributed by atoms with E-state index in [-0.39, 0.29) is 5.91 Å². The Bertz CT molecular complexity index is 1120. The molecule has 6 nitrogen and oxygen atoms in total. The Kier molecular flexibility index (Phi) is 5.75. The molecule has 0 saturated carbocycles. The highest BCUT2D eigenvalue weighted by molar-refractivity contribution is 5.93. The number of nitrogens with zero attached hydrogens (tertiary/aromatic N) is 4. The number of benzene rings is 2. The molecule has 30 heavy (non-hydrogen) atoms. The zero-order chi connectivity index (χ0) is 20.8. The van der Waals surface area contributed by atoms with Crippen LogP contribution in [0.2, 0.25) is 0 Å². The van der Waals surface area contributed by atoms with Crippen molar-refractivity contribution in [1.29, 1.82) is 0 Å². The van der Waals surface area contributed by atoms with E-state index in [2.05, 4.69) is 15.3 Å². The minimum absolute atomic E-state index is 0.275. The Balaban J connectivity index is 1.67. The number of rotatable bonds is 6. The van der Waals surface area contributed by atoms with Crippen molar-refractivity contribution in [3.8, 4) is 11.4 Å². The van der Waals surface area contributed by atoms with E-state index in [4.69, 9.17) is 4.98 Å². The van der Waals surface area contributed by atoms with Gasteiger partial charge in [-0.05, 0) is 24.3 Å². The van der Waals surface area contributed by atoms with Crippen molar-refractivity contribution in [2.24, 2.45) is 0 Å². The maximum atomic E-state index is 12.9. The third kappa shape index (κ3) is 4.50. The summed E-state index contributed by atoms with van der Waals surface area (Å²) in [7, 11) is 1.92. The lowest BCUT2D eigenvalue weighted by Crippen LogP contribution is -2.25. The first-order valence-corrected chi connectivity index (χ1v) is 9.62. The molecule has 0 aliphatic carbocycles. The molecule has 0 bridgehead atoms. The Morgan fingerprint density at radius 1 is 0.900 bits per heavy atom. The topological polar surface area (TPSA) is 71.0 Å². The summed E-state index contributed by atoms with van der Waals surface area (Å²) in [4.78, 5) is 28.3. The molecule has 1 N–H and O–H groups in total. The van der Waals surface area contributed by atoms with E-state index >= 15 is 0 Å². The van der Waals surface area contributed by atoms with Crippen molar-refractivity contribution in [2.75, 3.05) is 11.9 Å². The summed E-state index contributed by atoms with van der Waals surface area (Å²) in [6, 6.07) is 26.8. The summed E-state index contributed by atoms with van der Waals surface area (Å²) in [5.74, 6) is 0.861. The predicted octanol–water partition coefficient (Wildman–Crippen LogP) is 4.24. The Morgan fingerprint density at radius 3 is 2.30 bits per heavy atom. The van der Waals surface area contributed by atoms with E-state index in [1.54, 1.807) is 12.3 Å². The van der Waals surface area contributed by atoms with Crippen molar-refractivity contribution in [2.45, 2.75) is 6.54 Å². The average molecular weight is 395 g/mol. The molecule has 0 aliphatic rings. The number of carbonyl (C=O) groups is 1. The molecule has 0 atom stereocenters. The third-order valence-electron chi connectivity index (χ3n) is 4.62. The van der Waals surface area contributed by atoms with Crippen molar-refractivity contribution in [1.82, 2.24) is 20.3 Å². The Hall–Kier alpha value is -4.06. The van der Waals surface area contributed by atoms with Crippen molar-refractivity contribution < 1.29 is 4.79 Å². The van der Waals surface area contributed by atoms with Gasteiger partial charge < -0.3 is 10.2 Å². The van der Waals surface area contributed by atoms with E-state index in [0.717, 1.165) is 16.9 Å². The van der Waals surface area contributed by atoms with Crippen LogP contribution >= 0.6 is 0 Å². The zero-order valence-corrected chi connectivity index (χ0v) is 16.6. The first-order valence-electron chi connectivity index (χ1n) is 9.62. The van der Waals surface area contributed by atoms with Gasteiger partial charge in [-0.3, -0.25) is 9.78 Å². The molecule has 4 rings (SSSR count). The second-order valence-corrected chi connectivity index (χ2v) is 6.70. The van der Waals surface area contributed by atoms with Crippen molar-refractivity contribution >= 4 is 17.4 Å². The summed E-state index contributed by atoms with van der Waals surface area (Å²) >= 11 is 0. The maximum Gasteiger partial charge on any atom is 0.270 e. The molecule has 0 radical (unpaired) electrons. The third-order valence-corrected chi connectivity index (χ3v) is 4.62. The van der Waals surface area contributed by atoms with Gasteiger partial charge in [0.1, 0.15) is 11.5 Å². The van der Waals surface area contributed by atoms with Gasteiger partial charge in [-0.2, -0.15) is 0 Å². The molecule has 0 aliphatic heterocycles. The molecule has 2 aromatic heterocycles. The van der Waals surface area contributed by atoms with Gasteiger partial charge in [0.2, 0.25) is 0 Å². The van der Waals surface area contributed by atoms with Gasteiger partial charge in [-0.1, -0.05) is 54.6 Å². The number of pyridine rings is 1. The van der Waals surface area contributed by atoms with E-state index in [1.165, 1.54) is 0 Å². The van der Waals surface area contributed by atoms with Gasteiger partial charge in [-0.15, -0.1) is 0 Å². The summed E-state index contributed by atoms with van der Waals surface area (Å²) in [5, 5.41) is 2.89. The summed E-state index contributed by atoms with van der Waals surface area (Å²) in [6.07, 6.45) is 1.70. The number of hydrogen-bond donors (Lipinski definition) is 1. The van der Waals surface area contributed by atoms with Crippen LogP contribution in [0.1, 0.15) is 16.2 Å². The Morgan fingerprint density at radius 2 is 1.60 bits per heavy atom. The van der Waals surface area contributed by atoms with Gasteiger partial charge in [-0.25, -0.2) is 9.97 Å². The van der Waals surface area contributed by atoms with Crippen molar-refractivity contribution in [3.05, 3.63) is 103 Å². The zero-order valence-electron chi connectivity index (χ0n) is 16.6. The van der Waals surface area contributed by atoms with Gasteiger partial charge >= 0.3 is 0 Å². The molecule has 148 valence electrons. The number of nitrogens with one attached hydrogen (secondary N) is 1. The number of anilines is 2. The van der Waals surface area contributed by atoms with Crippen LogP contribution in [0.15, 0.2) is 91.1 Å². The van der Waals surface area contributed by atoms with Gasteiger partial charge in [0, 0.05) is 30.6 Å². The SMILES string of the molecule is CN(c1ccccc1)c1cc(C(=O)NCc2ccccn2)nc(-c2ccccc2)n1. The number of aromatic nitrogens is 3. The highest BCUT2D eigenvalue weighted by Crippen LogP contribution is 2.25. The molecule has 0 spiro atoms. The fraction of sp³-hybridized carbons (Fsp3) is 0.0833. The average Bonchev–Trinajstić information content (AvgIpc) is 2.83. The van der Waals surface area contributed by atoms with Crippen LogP contribution in [0.4, 0.5) is 11.5 Å². The largest absolute Gasteiger partial charge is 0.345 e. The molecular formula is C24H21N5O. The van der Waals surface area contributed by atoms with Crippen LogP contribution in [-0.4, -0.2) is 27.9 Å². The molecule has 0 unspecified atom stereocenters. The molecule has 1 amide bonds. The number of amides is 1. The lowest BCUT2D eigenvalue weighted by Gasteiger charge is -2.19. The standard InChI is InChI=1S/C24H21N5O/c1-29(20-13-6-3-7-14-20)22-16-21(24(30)26-17-19-12-8-9-15-25-19)27-23(28-22)18-10-4-2-5-11-18/h2-16H,17H2,1H3,(H,26,30). The fourth-order valence-corrected chi connectivity index (χ4v) is 2.99. The second-order valence-electron chi connectivity index (χ2n) is 6.70. The quantitative estimate of drug-likeness (QED) is 0.529. The Labute approximate surface area is 175 Å². The van der Waals surface area contributed by atoms with Crippen molar-refractivity contribution in [3.63, 3.8) is 0 Å². The molecule has 4 aromatic rings. The molecule has 6 heteroatoms. The normalized spacial score (nSPS) is 10.4. The minimum Gasteiger partial charge on any atom is -0.345 e. The van der Waals surface area contributed by atoms with E-state index in [9.17, 15) is 4.79 Å². The second kappa shape index (κ2) is 8.96. The van der Waals surface area contributed by atoms with E-state index < -0.39 is 0 Å². The van der Waals surface area contributed by atoms with E-state index in [0.29, 0.717) is 23.9 Å².